The molecule has 0 unspecified atom stereocenters. The largest absolute Gasteiger partial charge is 0.486 e. The van der Waals surface area contributed by atoms with Crippen LogP contribution >= 0.6 is 11.6 Å². The predicted octanol–water partition coefficient (Wildman–Crippen LogP) is 3.90. The summed E-state index contributed by atoms with van der Waals surface area (Å²) in [5.41, 5.74) is 2.16. The van der Waals surface area contributed by atoms with Crippen LogP contribution in [0.1, 0.15) is 26.5 Å². The zero-order chi connectivity index (χ0) is 24.4. The van der Waals surface area contributed by atoms with Crippen molar-refractivity contribution < 1.29 is 19.1 Å². The van der Waals surface area contributed by atoms with Crippen LogP contribution in [0.15, 0.2) is 60.8 Å². The van der Waals surface area contributed by atoms with Crippen molar-refractivity contribution in [1.29, 1.82) is 0 Å². The summed E-state index contributed by atoms with van der Waals surface area (Å²) >= 11 is 5.82. The van der Waals surface area contributed by atoms with Gasteiger partial charge in [0.2, 0.25) is 0 Å². The number of nitrogens with zero attached hydrogens (tertiary/aromatic N) is 4. The van der Waals surface area contributed by atoms with Gasteiger partial charge in [-0.15, -0.1) is 5.10 Å². The summed E-state index contributed by atoms with van der Waals surface area (Å²) in [5.74, 6) is 0.796. The summed E-state index contributed by atoms with van der Waals surface area (Å²) < 4.78 is 12.7. The Hall–Kier alpha value is -4.44. The topological polar surface area (TPSA) is 120 Å². The van der Waals surface area contributed by atoms with Crippen molar-refractivity contribution in [3.63, 3.8) is 0 Å². The van der Waals surface area contributed by atoms with Crippen molar-refractivity contribution in [3.05, 3.63) is 82.8 Å². The van der Waals surface area contributed by atoms with Crippen LogP contribution in [0.3, 0.4) is 0 Å². The summed E-state index contributed by atoms with van der Waals surface area (Å²) in [5, 5.41) is 14.1. The Labute approximate surface area is 204 Å². The number of ether oxygens (including phenoxy) is 2. The molecule has 11 heteroatoms. The molecule has 0 aliphatic carbocycles. The fourth-order valence-corrected chi connectivity index (χ4v) is 3.63. The number of nitrogens with one attached hydrogen (secondary N) is 2. The fraction of sp³-hybridized carbons (Fsp3) is 0.125. The van der Waals surface area contributed by atoms with Crippen LogP contribution < -0.4 is 20.1 Å². The summed E-state index contributed by atoms with van der Waals surface area (Å²) in [6.45, 7) is 2.71. The Morgan fingerprint density at radius 2 is 1.80 bits per heavy atom. The Bertz CT molecular complexity index is 1420. The van der Waals surface area contributed by atoms with Crippen molar-refractivity contribution in [2.45, 2.75) is 6.92 Å². The first-order valence-corrected chi connectivity index (χ1v) is 11.0. The second-order valence-electron chi connectivity index (χ2n) is 7.61. The van der Waals surface area contributed by atoms with Gasteiger partial charge in [0, 0.05) is 23.5 Å². The van der Waals surface area contributed by atoms with Gasteiger partial charge in [-0.25, -0.2) is 9.67 Å². The number of carbonyl (C=O) groups excluding carboxylic acids is 2. The van der Waals surface area contributed by atoms with E-state index in [1.54, 1.807) is 60.1 Å². The van der Waals surface area contributed by atoms with Gasteiger partial charge in [-0.2, -0.15) is 0 Å². The van der Waals surface area contributed by atoms with Gasteiger partial charge in [-0.1, -0.05) is 22.9 Å². The molecule has 176 valence electrons. The van der Waals surface area contributed by atoms with Crippen LogP contribution in [0.5, 0.6) is 11.5 Å². The molecule has 10 nitrogen and oxygen atoms in total. The van der Waals surface area contributed by atoms with Crippen LogP contribution in [0, 0.1) is 6.92 Å². The molecule has 3 heterocycles. The summed E-state index contributed by atoms with van der Waals surface area (Å²) in [4.78, 5) is 29.6. The number of amides is 2. The molecule has 4 aromatic rings. The lowest BCUT2D eigenvalue weighted by molar-refractivity contribution is 0.101. The van der Waals surface area contributed by atoms with Gasteiger partial charge in [0.15, 0.2) is 17.2 Å². The molecule has 0 saturated carbocycles. The molecule has 1 aliphatic rings. The lowest BCUT2D eigenvalue weighted by atomic mass is 10.2. The van der Waals surface area contributed by atoms with Crippen molar-refractivity contribution in [2.24, 2.45) is 0 Å². The number of hydrogen-bond acceptors (Lipinski definition) is 7. The predicted molar refractivity (Wildman–Crippen MR) is 129 cm³/mol. The van der Waals surface area contributed by atoms with E-state index < -0.39 is 5.91 Å². The molecule has 0 radical (unpaired) electrons. The number of halogens is 1. The maximum absolute atomic E-state index is 12.9. The lowest BCUT2D eigenvalue weighted by Crippen LogP contribution is -2.16. The van der Waals surface area contributed by atoms with Crippen molar-refractivity contribution in [3.8, 4) is 17.2 Å². The number of carbonyl (C=O) groups is 2. The lowest BCUT2D eigenvalue weighted by Gasteiger charge is -2.18. The van der Waals surface area contributed by atoms with Gasteiger partial charge in [0.1, 0.15) is 19.0 Å². The first kappa shape index (κ1) is 22.4. The molecule has 2 aromatic heterocycles. The monoisotopic (exact) mass is 490 g/mol. The van der Waals surface area contributed by atoms with E-state index in [0.717, 1.165) is 0 Å². The molecule has 35 heavy (non-hydrogen) atoms. The van der Waals surface area contributed by atoms with Gasteiger partial charge < -0.3 is 20.1 Å². The average Bonchev–Trinajstić information content (AvgIpc) is 3.26. The third-order valence-corrected chi connectivity index (χ3v) is 5.46. The highest BCUT2D eigenvalue weighted by Gasteiger charge is 2.20. The molecule has 0 bridgehead atoms. The minimum Gasteiger partial charge on any atom is -0.486 e. The van der Waals surface area contributed by atoms with Crippen LogP contribution in [-0.2, 0) is 0 Å². The molecule has 0 spiro atoms. The Kier molecular flexibility index (Phi) is 6.02. The number of hydrogen-bond donors (Lipinski definition) is 2. The molecule has 5 rings (SSSR count). The highest BCUT2D eigenvalue weighted by molar-refractivity contribution is 6.30. The van der Waals surface area contributed by atoms with E-state index in [9.17, 15) is 9.59 Å². The van der Waals surface area contributed by atoms with Crippen molar-refractivity contribution >= 4 is 34.9 Å². The molecule has 0 saturated heterocycles. The highest BCUT2D eigenvalue weighted by Crippen LogP contribution is 2.32. The third-order valence-electron chi connectivity index (χ3n) is 5.23. The van der Waals surface area contributed by atoms with E-state index >= 15 is 0 Å². The minimum absolute atomic E-state index is 0.153. The minimum atomic E-state index is -0.455. The van der Waals surface area contributed by atoms with Crippen molar-refractivity contribution in [1.82, 2.24) is 20.0 Å². The first-order valence-electron chi connectivity index (χ1n) is 10.6. The van der Waals surface area contributed by atoms with E-state index in [0.29, 0.717) is 58.2 Å². The van der Waals surface area contributed by atoms with Gasteiger partial charge in [-0.05, 0) is 49.4 Å². The van der Waals surface area contributed by atoms with Crippen LogP contribution in [0.2, 0.25) is 5.02 Å². The molecule has 2 aromatic carbocycles. The Balaban J connectivity index is 1.31. The number of benzene rings is 2. The van der Waals surface area contributed by atoms with Crippen LogP contribution in [0.25, 0.3) is 5.69 Å². The van der Waals surface area contributed by atoms with Crippen LogP contribution in [-0.4, -0.2) is 45.0 Å². The smallest absolute Gasteiger partial charge is 0.278 e. The molecular formula is C24H19ClN6O4. The summed E-state index contributed by atoms with van der Waals surface area (Å²) in [6, 6.07) is 15.1. The van der Waals surface area contributed by atoms with E-state index in [1.807, 2.05) is 6.07 Å². The number of fused-ring (bicyclic) bond motifs is 1. The zero-order valence-electron chi connectivity index (χ0n) is 18.5. The first-order chi connectivity index (χ1) is 17.0. The quantitative estimate of drug-likeness (QED) is 0.435. The van der Waals surface area contributed by atoms with Gasteiger partial charge in [0.05, 0.1) is 16.4 Å². The maximum Gasteiger partial charge on any atom is 0.278 e. The Morgan fingerprint density at radius 3 is 2.60 bits per heavy atom. The van der Waals surface area contributed by atoms with Crippen LogP contribution in [0.4, 0.5) is 11.5 Å². The van der Waals surface area contributed by atoms with E-state index in [1.165, 1.54) is 6.20 Å². The fourth-order valence-electron chi connectivity index (χ4n) is 3.51. The molecule has 2 amide bonds. The third kappa shape index (κ3) is 4.78. The number of anilines is 2. The van der Waals surface area contributed by atoms with Gasteiger partial charge in [0.25, 0.3) is 11.8 Å². The van der Waals surface area contributed by atoms with E-state index in [2.05, 4.69) is 25.9 Å². The highest BCUT2D eigenvalue weighted by atomic mass is 35.5. The van der Waals surface area contributed by atoms with Gasteiger partial charge in [-0.3, -0.25) is 9.59 Å². The second-order valence-corrected chi connectivity index (χ2v) is 8.05. The molecule has 1 aliphatic heterocycles. The second kappa shape index (κ2) is 9.43. The van der Waals surface area contributed by atoms with Gasteiger partial charge >= 0.3 is 0 Å². The van der Waals surface area contributed by atoms with Crippen molar-refractivity contribution in [2.75, 3.05) is 23.8 Å². The zero-order valence-corrected chi connectivity index (χ0v) is 19.2. The summed E-state index contributed by atoms with van der Waals surface area (Å²) in [7, 11) is 0. The Morgan fingerprint density at radius 1 is 0.971 bits per heavy atom. The maximum atomic E-state index is 12.9. The summed E-state index contributed by atoms with van der Waals surface area (Å²) in [6.07, 6.45) is 1.44. The van der Waals surface area contributed by atoms with E-state index in [4.69, 9.17) is 21.1 Å². The SMILES string of the molecule is Cc1c(C(=O)Nc2cccc(C(=O)Nc3ccc(Cl)cn3)c2)nnn1-c1ccc2c(c1)OCCO2. The molecule has 0 atom stereocenters. The normalized spacial score (nSPS) is 12.2. The number of aromatic nitrogens is 4. The average molecular weight is 491 g/mol. The molecular weight excluding hydrogens is 472 g/mol. The van der Waals surface area contributed by atoms with E-state index in [-0.39, 0.29) is 11.6 Å². The number of rotatable bonds is 5. The standard InChI is InChI=1S/C24H19ClN6O4/c1-14-22(29-30-31(14)18-6-7-19-20(12-18)35-10-9-34-19)24(33)27-17-4-2-3-15(11-17)23(32)28-21-8-5-16(25)13-26-21/h2-8,11-13H,9-10H2,1H3,(H,27,33)(H,26,28,32). The number of pyridine rings is 1. The molecule has 0 fully saturated rings. The molecule has 2 N–H and O–H groups in total.